The summed E-state index contributed by atoms with van der Waals surface area (Å²) in [7, 11) is 1.40. The zero-order chi connectivity index (χ0) is 25.7. The summed E-state index contributed by atoms with van der Waals surface area (Å²) in [5, 5.41) is 0.529. The molecule has 2 N–H and O–H groups in total. The molecule has 1 aliphatic rings. The SMILES string of the molecule is COC1C(OC(N)=O)C(OC(C)=O)C(Oc2ccc3c(oc(=O)c4nc(C)oc43)c2C)OC1(C)C. The van der Waals surface area contributed by atoms with E-state index >= 15 is 0 Å². The molecule has 1 fully saturated rings. The van der Waals surface area contributed by atoms with Crippen molar-refractivity contribution in [2.24, 2.45) is 5.73 Å². The normalized spacial score (nSPS) is 23.8. The number of hydrogen-bond acceptors (Lipinski definition) is 11. The van der Waals surface area contributed by atoms with E-state index in [4.69, 9.17) is 38.3 Å². The minimum atomic E-state index is -1.23. The highest BCUT2D eigenvalue weighted by atomic mass is 16.7. The number of hydrogen-bond donors (Lipinski definition) is 1. The Labute approximate surface area is 199 Å². The lowest BCUT2D eigenvalue weighted by Gasteiger charge is -2.48. The average Bonchev–Trinajstić information content (AvgIpc) is 3.15. The van der Waals surface area contributed by atoms with Gasteiger partial charge in [0.15, 0.2) is 23.1 Å². The number of aryl methyl sites for hydroxylation is 2. The van der Waals surface area contributed by atoms with Gasteiger partial charge in [-0.05, 0) is 32.9 Å². The van der Waals surface area contributed by atoms with Gasteiger partial charge in [0, 0.05) is 26.5 Å². The fraction of sp³-hybridized carbons (Fsp3) is 0.478. The molecule has 1 amide bonds. The van der Waals surface area contributed by atoms with Gasteiger partial charge in [0.05, 0.1) is 11.0 Å². The molecule has 1 saturated heterocycles. The summed E-state index contributed by atoms with van der Waals surface area (Å²) in [6.45, 7) is 7.91. The highest BCUT2D eigenvalue weighted by molar-refractivity contribution is 6.00. The fourth-order valence-electron chi connectivity index (χ4n) is 4.37. The van der Waals surface area contributed by atoms with E-state index in [9.17, 15) is 14.4 Å². The van der Waals surface area contributed by atoms with E-state index < -0.39 is 47.9 Å². The second-order valence-corrected chi connectivity index (χ2v) is 8.70. The number of primary amides is 1. The molecule has 12 heteroatoms. The van der Waals surface area contributed by atoms with Crippen LogP contribution in [0.4, 0.5) is 4.79 Å². The molecule has 0 saturated carbocycles. The number of esters is 1. The van der Waals surface area contributed by atoms with Crippen LogP contribution in [0.15, 0.2) is 25.8 Å². The molecular formula is C23H26N2O10. The molecule has 0 spiro atoms. The van der Waals surface area contributed by atoms with Crippen LogP contribution < -0.4 is 16.1 Å². The topological polar surface area (TPSA) is 163 Å². The van der Waals surface area contributed by atoms with Gasteiger partial charge in [-0.2, -0.15) is 0 Å². The number of fused-ring (bicyclic) bond motifs is 3. The van der Waals surface area contributed by atoms with Crippen molar-refractivity contribution in [1.82, 2.24) is 4.98 Å². The van der Waals surface area contributed by atoms with Crippen LogP contribution in [-0.2, 0) is 23.7 Å². The number of amides is 1. The number of carbonyl (C=O) groups is 2. The van der Waals surface area contributed by atoms with Crippen LogP contribution in [0, 0.1) is 13.8 Å². The van der Waals surface area contributed by atoms with E-state index in [2.05, 4.69) is 4.98 Å². The molecule has 3 aromatic rings. The van der Waals surface area contributed by atoms with Crippen molar-refractivity contribution in [1.29, 1.82) is 0 Å². The minimum absolute atomic E-state index is 0.0902. The molecule has 1 aromatic carbocycles. The number of ether oxygens (including phenoxy) is 5. The largest absolute Gasteiger partial charge is 0.460 e. The molecule has 3 heterocycles. The van der Waals surface area contributed by atoms with Gasteiger partial charge in [-0.3, -0.25) is 4.79 Å². The molecule has 2 aromatic heterocycles. The molecular weight excluding hydrogens is 464 g/mol. The summed E-state index contributed by atoms with van der Waals surface area (Å²) in [5.74, 6) is -0.0694. The Balaban J connectivity index is 1.78. The van der Waals surface area contributed by atoms with Crippen LogP contribution in [0.1, 0.15) is 32.2 Å². The average molecular weight is 490 g/mol. The summed E-state index contributed by atoms with van der Waals surface area (Å²) in [6.07, 6.45) is -5.51. The zero-order valence-electron chi connectivity index (χ0n) is 20.1. The van der Waals surface area contributed by atoms with Gasteiger partial charge < -0.3 is 38.3 Å². The molecule has 35 heavy (non-hydrogen) atoms. The highest BCUT2D eigenvalue weighted by Crippen LogP contribution is 2.38. The predicted octanol–water partition coefficient (Wildman–Crippen LogP) is 2.48. The van der Waals surface area contributed by atoms with Crippen LogP contribution >= 0.6 is 0 Å². The minimum Gasteiger partial charge on any atom is -0.460 e. The molecule has 0 bridgehead atoms. The summed E-state index contributed by atoms with van der Waals surface area (Å²) < 4.78 is 39.5. The lowest BCUT2D eigenvalue weighted by Crippen LogP contribution is -2.66. The van der Waals surface area contributed by atoms with Crippen LogP contribution in [0.3, 0.4) is 0 Å². The van der Waals surface area contributed by atoms with Crippen molar-refractivity contribution >= 4 is 34.1 Å². The Morgan fingerprint density at radius 1 is 1.09 bits per heavy atom. The van der Waals surface area contributed by atoms with Crippen molar-refractivity contribution in [3.05, 3.63) is 34.0 Å². The van der Waals surface area contributed by atoms with Crippen LogP contribution in [0.25, 0.3) is 22.1 Å². The van der Waals surface area contributed by atoms with Gasteiger partial charge in [0.25, 0.3) is 0 Å². The first-order valence-electron chi connectivity index (χ1n) is 10.8. The number of oxazole rings is 1. The maximum atomic E-state index is 12.4. The number of benzene rings is 1. The maximum absolute atomic E-state index is 12.4. The Bertz CT molecular complexity index is 1360. The van der Waals surface area contributed by atoms with Crippen molar-refractivity contribution in [3.63, 3.8) is 0 Å². The molecule has 1 aliphatic heterocycles. The maximum Gasteiger partial charge on any atom is 0.405 e. The van der Waals surface area contributed by atoms with Gasteiger partial charge in [-0.25, -0.2) is 14.6 Å². The van der Waals surface area contributed by atoms with Gasteiger partial charge in [-0.15, -0.1) is 0 Å². The van der Waals surface area contributed by atoms with E-state index in [0.29, 0.717) is 22.4 Å². The third-order valence-corrected chi connectivity index (χ3v) is 5.77. The van der Waals surface area contributed by atoms with Crippen molar-refractivity contribution < 1.29 is 42.1 Å². The number of aromatic nitrogens is 1. The van der Waals surface area contributed by atoms with Crippen molar-refractivity contribution in [3.8, 4) is 5.75 Å². The third-order valence-electron chi connectivity index (χ3n) is 5.77. The molecule has 0 radical (unpaired) electrons. The third kappa shape index (κ3) is 4.42. The summed E-state index contributed by atoms with van der Waals surface area (Å²) in [6, 6.07) is 3.28. The first-order chi connectivity index (χ1) is 16.4. The molecule has 12 nitrogen and oxygen atoms in total. The van der Waals surface area contributed by atoms with Crippen molar-refractivity contribution in [2.75, 3.05) is 7.11 Å². The van der Waals surface area contributed by atoms with Crippen LogP contribution in [0.2, 0.25) is 0 Å². The lowest BCUT2D eigenvalue weighted by atomic mass is 9.89. The number of carbonyl (C=O) groups excluding carboxylic acids is 2. The van der Waals surface area contributed by atoms with Crippen LogP contribution in [0.5, 0.6) is 5.75 Å². The quantitative estimate of drug-likeness (QED) is 0.413. The number of nitrogens with zero attached hydrogens (tertiary/aromatic N) is 1. The predicted molar refractivity (Wildman–Crippen MR) is 120 cm³/mol. The molecule has 4 rings (SSSR count). The zero-order valence-corrected chi connectivity index (χ0v) is 20.1. The Morgan fingerprint density at radius 2 is 1.80 bits per heavy atom. The summed E-state index contributed by atoms with van der Waals surface area (Å²) in [5.41, 5.74) is 4.65. The van der Waals surface area contributed by atoms with Gasteiger partial charge >= 0.3 is 17.7 Å². The standard InChI is InChI=1S/C23H26N2O10/c1-9-13(8-7-12-15(9)33-20(27)14-16(12)30-10(2)25-14)32-21-18(31-11(3)26)17(34-22(24)28)19(29-6)23(4,5)35-21/h7-8,17-19,21H,1-6H3,(H2,24,28). The van der Waals surface area contributed by atoms with Crippen LogP contribution in [-0.4, -0.2) is 54.4 Å². The van der Waals surface area contributed by atoms with E-state index in [-0.39, 0.29) is 16.8 Å². The van der Waals surface area contributed by atoms with E-state index in [0.717, 1.165) is 0 Å². The second kappa shape index (κ2) is 8.86. The Morgan fingerprint density at radius 3 is 2.43 bits per heavy atom. The number of rotatable bonds is 5. The number of nitrogens with two attached hydrogens (primary N) is 1. The monoisotopic (exact) mass is 490 g/mol. The first kappa shape index (κ1) is 24.5. The number of methoxy groups -OCH3 is 1. The molecule has 0 aliphatic carbocycles. The first-order valence-corrected chi connectivity index (χ1v) is 10.8. The smallest absolute Gasteiger partial charge is 0.405 e. The van der Waals surface area contributed by atoms with Gasteiger partial charge in [0.1, 0.15) is 17.4 Å². The highest BCUT2D eigenvalue weighted by Gasteiger charge is 2.55. The molecule has 4 unspecified atom stereocenters. The molecule has 188 valence electrons. The van der Waals surface area contributed by atoms with E-state index in [1.165, 1.54) is 14.0 Å². The van der Waals surface area contributed by atoms with E-state index in [1.54, 1.807) is 39.8 Å². The van der Waals surface area contributed by atoms with Gasteiger partial charge in [0.2, 0.25) is 12.4 Å². The summed E-state index contributed by atoms with van der Waals surface area (Å²) in [4.78, 5) is 40.1. The van der Waals surface area contributed by atoms with E-state index in [1.807, 2.05) is 0 Å². The Kier molecular flexibility index (Phi) is 6.20. The lowest BCUT2D eigenvalue weighted by molar-refractivity contribution is -0.307. The molecule has 4 atom stereocenters. The van der Waals surface area contributed by atoms with Gasteiger partial charge in [-0.1, -0.05) is 0 Å². The fourth-order valence-corrected chi connectivity index (χ4v) is 4.37. The van der Waals surface area contributed by atoms with Crippen molar-refractivity contribution in [2.45, 2.75) is 64.8 Å². The Hall–Kier alpha value is -3.64. The second-order valence-electron chi connectivity index (χ2n) is 8.70. The summed E-state index contributed by atoms with van der Waals surface area (Å²) >= 11 is 0.